The monoisotopic (exact) mass is 434 g/mol. The first kappa shape index (κ1) is 21.1. The highest BCUT2D eigenvalue weighted by atomic mass is 35.5. The minimum absolute atomic E-state index is 0.201. The van der Waals surface area contributed by atoms with E-state index in [1.54, 1.807) is 36.4 Å². The number of halogens is 1. The Morgan fingerprint density at radius 1 is 0.968 bits per heavy atom. The molecule has 0 spiro atoms. The fourth-order valence-electron chi connectivity index (χ4n) is 3.82. The third-order valence-corrected chi connectivity index (χ3v) is 5.93. The average molecular weight is 435 g/mol. The minimum Gasteiger partial charge on any atom is -0.388 e. The number of fused-ring (bicyclic) bond motifs is 1. The Bertz CT molecular complexity index is 1110. The van der Waals surface area contributed by atoms with Crippen molar-refractivity contribution in [2.45, 2.75) is 31.4 Å². The van der Waals surface area contributed by atoms with E-state index < -0.39 is 11.6 Å². The van der Waals surface area contributed by atoms with Crippen molar-refractivity contribution in [3.05, 3.63) is 95.1 Å². The number of hydrogen-bond acceptors (Lipinski definition) is 3. The number of benzene rings is 3. The fraction of sp³-hybridized carbons (Fsp3) is 0.200. The summed E-state index contributed by atoms with van der Waals surface area (Å²) < 4.78 is 0. The van der Waals surface area contributed by atoms with Crippen LogP contribution in [0.1, 0.15) is 50.8 Å². The van der Waals surface area contributed by atoms with Gasteiger partial charge in [0, 0.05) is 22.4 Å². The highest BCUT2D eigenvalue weighted by molar-refractivity contribution is 6.26. The number of nitrogens with one attached hydrogen (secondary N) is 1. The van der Waals surface area contributed by atoms with E-state index in [0.717, 1.165) is 5.56 Å². The van der Waals surface area contributed by atoms with Crippen molar-refractivity contribution in [3.63, 3.8) is 0 Å². The van der Waals surface area contributed by atoms with Gasteiger partial charge in [0.2, 0.25) is 0 Å². The second-order valence-electron chi connectivity index (χ2n) is 7.61. The van der Waals surface area contributed by atoms with Gasteiger partial charge in [0.05, 0.1) is 11.8 Å². The van der Waals surface area contributed by atoms with E-state index in [9.17, 15) is 14.7 Å². The summed E-state index contributed by atoms with van der Waals surface area (Å²) in [5.74, 6) is -0.452. The topological polar surface area (TPSA) is 69.6 Å². The number of anilines is 2. The molecule has 31 heavy (non-hydrogen) atoms. The van der Waals surface area contributed by atoms with Gasteiger partial charge in [0.1, 0.15) is 5.50 Å². The summed E-state index contributed by atoms with van der Waals surface area (Å²) in [7, 11) is 0. The van der Waals surface area contributed by atoms with Crippen LogP contribution >= 0.6 is 11.6 Å². The van der Waals surface area contributed by atoms with Crippen molar-refractivity contribution < 1.29 is 14.7 Å². The lowest BCUT2D eigenvalue weighted by molar-refractivity contribution is 0.0982. The molecule has 2 amide bonds. The molecule has 2 unspecified atom stereocenters. The maximum atomic E-state index is 13.3. The molecule has 2 atom stereocenters. The SMILES string of the molecule is Cc1ccccc1C(=O)Nc1ccc(C(=O)N2c3ccccc3C(O)CCC2Cl)cc1. The van der Waals surface area contributed by atoms with Gasteiger partial charge in [0.25, 0.3) is 11.8 Å². The molecule has 1 aliphatic heterocycles. The first-order chi connectivity index (χ1) is 15.0. The Labute approximate surface area is 186 Å². The van der Waals surface area contributed by atoms with Crippen molar-refractivity contribution in [1.29, 1.82) is 0 Å². The van der Waals surface area contributed by atoms with Crippen LogP contribution in [0.3, 0.4) is 0 Å². The average Bonchev–Trinajstić information content (AvgIpc) is 2.90. The van der Waals surface area contributed by atoms with Crippen LogP contribution in [0.4, 0.5) is 11.4 Å². The van der Waals surface area contributed by atoms with Crippen molar-refractivity contribution in [2.24, 2.45) is 0 Å². The molecule has 0 saturated heterocycles. The molecule has 158 valence electrons. The first-order valence-electron chi connectivity index (χ1n) is 10.2. The van der Waals surface area contributed by atoms with E-state index in [-0.39, 0.29) is 11.8 Å². The molecule has 3 aromatic carbocycles. The number of aliphatic hydroxyl groups is 1. The molecule has 0 aliphatic carbocycles. The maximum Gasteiger partial charge on any atom is 0.259 e. The summed E-state index contributed by atoms with van der Waals surface area (Å²) >= 11 is 6.54. The number of carbonyl (C=O) groups excluding carboxylic acids is 2. The van der Waals surface area contributed by atoms with E-state index in [4.69, 9.17) is 11.6 Å². The summed E-state index contributed by atoms with van der Waals surface area (Å²) in [6.45, 7) is 1.88. The summed E-state index contributed by atoms with van der Waals surface area (Å²) in [5, 5.41) is 13.3. The molecule has 1 heterocycles. The lowest BCUT2D eigenvalue weighted by Crippen LogP contribution is -2.37. The number of hydrogen-bond donors (Lipinski definition) is 2. The van der Waals surface area contributed by atoms with Crippen molar-refractivity contribution >= 4 is 34.8 Å². The molecule has 6 heteroatoms. The van der Waals surface area contributed by atoms with E-state index in [1.807, 2.05) is 43.3 Å². The summed E-state index contributed by atoms with van der Waals surface area (Å²) in [6.07, 6.45) is 0.307. The molecular weight excluding hydrogens is 412 g/mol. The number of amides is 2. The molecule has 0 radical (unpaired) electrons. The Balaban J connectivity index is 1.56. The number of aryl methyl sites for hydroxylation is 1. The second kappa shape index (κ2) is 8.92. The number of alkyl halides is 1. The standard InChI is InChI=1S/C25H23ClN2O3/c1-16-6-2-3-7-19(16)24(30)27-18-12-10-17(11-13-18)25(31)28-21-9-5-4-8-20(21)22(29)14-15-23(28)26/h2-13,22-23,29H,14-15H2,1H3,(H,27,30). The van der Waals surface area contributed by atoms with Crippen LogP contribution < -0.4 is 10.2 Å². The Morgan fingerprint density at radius 2 is 1.65 bits per heavy atom. The van der Waals surface area contributed by atoms with Gasteiger partial charge in [-0.2, -0.15) is 0 Å². The van der Waals surface area contributed by atoms with Crippen LogP contribution in [0, 0.1) is 6.92 Å². The van der Waals surface area contributed by atoms with E-state index in [0.29, 0.717) is 40.9 Å². The molecule has 3 aromatic rings. The number of para-hydroxylation sites is 1. The minimum atomic E-state index is -0.658. The number of aliphatic hydroxyl groups excluding tert-OH is 1. The van der Waals surface area contributed by atoms with Crippen LogP contribution in [-0.2, 0) is 0 Å². The number of rotatable bonds is 3. The van der Waals surface area contributed by atoms with Crippen LogP contribution in [0.2, 0.25) is 0 Å². The van der Waals surface area contributed by atoms with Gasteiger partial charge in [-0.3, -0.25) is 14.5 Å². The van der Waals surface area contributed by atoms with Crippen LogP contribution in [-0.4, -0.2) is 22.4 Å². The van der Waals surface area contributed by atoms with Crippen molar-refractivity contribution in [2.75, 3.05) is 10.2 Å². The third-order valence-electron chi connectivity index (χ3n) is 5.51. The molecule has 0 aromatic heterocycles. The Hall–Kier alpha value is -3.15. The zero-order valence-electron chi connectivity index (χ0n) is 17.1. The zero-order valence-corrected chi connectivity index (χ0v) is 17.8. The third kappa shape index (κ3) is 4.33. The van der Waals surface area contributed by atoms with Crippen LogP contribution in [0.25, 0.3) is 0 Å². The Morgan fingerprint density at radius 3 is 2.39 bits per heavy atom. The summed E-state index contributed by atoms with van der Waals surface area (Å²) in [5.41, 5.74) is 3.29. The Kier molecular flexibility index (Phi) is 6.07. The normalized spacial score (nSPS) is 18.1. The number of nitrogens with zero attached hydrogens (tertiary/aromatic N) is 1. The van der Waals surface area contributed by atoms with Gasteiger partial charge in [-0.15, -0.1) is 0 Å². The quantitative estimate of drug-likeness (QED) is 0.435. The lowest BCUT2D eigenvalue weighted by Gasteiger charge is -2.27. The summed E-state index contributed by atoms with van der Waals surface area (Å²) in [4.78, 5) is 27.4. The van der Waals surface area contributed by atoms with Crippen molar-refractivity contribution in [3.8, 4) is 0 Å². The summed E-state index contributed by atoms with van der Waals surface area (Å²) in [6, 6.07) is 21.4. The van der Waals surface area contributed by atoms with Gasteiger partial charge in [-0.1, -0.05) is 48.0 Å². The predicted molar refractivity (Wildman–Crippen MR) is 123 cm³/mol. The van der Waals surface area contributed by atoms with Crippen LogP contribution in [0.5, 0.6) is 0 Å². The van der Waals surface area contributed by atoms with Gasteiger partial charge in [-0.05, 0) is 61.7 Å². The lowest BCUT2D eigenvalue weighted by atomic mass is 10.0. The van der Waals surface area contributed by atoms with Gasteiger partial charge < -0.3 is 10.4 Å². The highest BCUT2D eigenvalue weighted by Gasteiger charge is 2.31. The highest BCUT2D eigenvalue weighted by Crippen LogP contribution is 2.37. The molecule has 1 aliphatic rings. The second-order valence-corrected chi connectivity index (χ2v) is 8.11. The first-order valence-corrected chi connectivity index (χ1v) is 10.6. The molecule has 0 bridgehead atoms. The molecule has 0 saturated carbocycles. The van der Waals surface area contributed by atoms with Crippen LogP contribution in [0.15, 0.2) is 72.8 Å². The van der Waals surface area contributed by atoms with E-state index in [1.165, 1.54) is 4.90 Å². The number of carbonyl (C=O) groups is 2. The van der Waals surface area contributed by atoms with Gasteiger partial charge in [-0.25, -0.2) is 0 Å². The molecule has 4 rings (SSSR count). The maximum absolute atomic E-state index is 13.3. The predicted octanol–water partition coefficient (Wildman–Crippen LogP) is 5.29. The molecular formula is C25H23ClN2O3. The van der Waals surface area contributed by atoms with E-state index >= 15 is 0 Å². The zero-order chi connectivity index (χ0) is 22.0. The van der Waals surface area contributed by atoms with E-state index in [2.05, 4.69) is 5.32 Å². The van der Waals surface area contributed by atoms with Gasteiger partial charge in [0.15, 0.2) is 0 Å². The van der Waals surface area contributed by atoms with Crippen molar-refractivity contribution in [1.82, 2.24) is 0 Å². The molecule has 0 fully saturated rings. The molecule has 2 N–H and O–H groups in total. The van der Waals surface area contributed by atoms with Gasteiger partial charge >= 0.3 is 0 Å². The smallest absolute Gasteiger partial charge is 0.259 e. The largest absolute Gasteiger partial charge is 0.388 e. The molecule has 5 nitrogen and oxygen atoms in total. The fourth-order valence-corrected chi connectivity index (χ4v) is 4.14.